The van der Waals surface area contributed by atoms with Gasteiger partial charge in [-0.2, -0.15) is 0 Å². The second-order valence-corrected chi connectivity index (χ2v) is 5.48. The molecular weight excluding hydrogens is 267 g/mol. The van der Waals surface area contributed by atoms with Crippen molar-refractivity contribution >= 4 is 17.4 Å². The van der Waals surface area contributed by atoms with Gasteiger partial charge in [-0.1, -0.05) is 11.6 Å². The van der Waals surface area contributed by atoms with E-state index in [1.165, 1.54) is 18.2 Å². The fraction of sp³-hybridized carbons (Fsp3) is 0.533. The topological polar surface area (TPSA) is 26.3 Å². The van der Waals surface area contributed by atoms with Crippen LogP contribution in [0, 0.1) is 11.7 Å². The molecule has 0 aromatic heterocycles. The predicted molar refractivity (Wildman–Crippen MR) is 72.9 cm³/mol. The van der Waals surface area contributed by atoms with Crippen LogP contribution in [0.5, 0.6) is 0 Å². The van der Waals surface area contributed by atoms with Crippen molar-refractivity contribution in [3.63, 3.8) is 0 Å². The van der Waals surface area contributed by atoms with Gasteiger partial charge in [0.15, 0.2) is 0 Å². The average molecular weight is 285 g/mol. The van der Waals surface area contributed by atoms with Crippen molar-refractivity contribution in [2.45, 2.75) is 38.7 Å². The third kappa shape index (κ3) is 4.02. The number of benzene rings is 1. The van der Waals surface area contributed by atoms with Crippen LogP contribution >= 0.6 is 11.6 Å². The SMILES string of the molecule is CCOC1CC(CC(=O)Cc2cc(F)ccc2Cl)C1. The van der Waals surface area contributed by atoms with Crippen LogP contribution in [0.25, 0.3) is 0 Å². The molecular formula is C15H18ClFO2. The van der Waals surface area contributed by atoms with E-state index in [0.29, 0.717) is 29.0 Å². The molecule has 1 aromatic carbocycles. The molecule has 0 bridgehead atoms. The number of hydrogen-bond donors (Lipinski definition) is 0. The Labute approximate surface area is 117 Å². The number of carbonyl (C=O) groups is 1. The van der Waals surface area contributed by atoms with Crippen molar-refractivity contribution in [2.24, 2.45) is 5.92 Å². The number of hydrogen-bond acceptors (Lipinski definition) is 2. The number of rotatable bonds is 6. The van der Waals surface area contributed by atoms with Gasteiger partial charge in [0.05, 0.1) is 6.10 Å². The molecule has 0 heterocycles. The first-order valence-electron chi connectivity index (χ1n) is 6.65. The van der Waals surface area contributed by atoms with Crippen LogP contribution in [0.2, 0.25) is 5.02 Å². The zero-order valence-corrected chi connectivity index (χ0v) is 11.8. The lowest BCUT2D eigenvalue weighted by atomic mass is 9.78. The third-order valence-corrected chi connectivity index (χ3v) is 3.88. The van der Waals surface area contributed by atoms with Gasteiger partial charge in [-0.05, 0) is 49.4 Å². The molecule has 0 aliphatic heterocycles. The van der Waals surface area contributed by atoms with Gasteiger partial charge >= 0.3 is 0 Å². The summed E-state index contributed by atoms with van der Waals surface area (Å²) in [6, 6.07) is 4.13. The molecule has 0 unspecified atom stereocenters. The zero-order chi connectivity index (χ0) is 13.8. The fourth-order valence-electron chi connectivity index (χ4n) is 2.50. The Kier molecular flexibility index (Phi) is 4.94. The Bertz CT molecular complexity index is 455. The Hall–Kier alpha value is -0.930. The summed E-state index contributed by atoms with van der Waals surface area (Å²) in [7, 11) is 0. The van der Waals surface area contributed by atoms with Crippen molar-refractivity contribution < 1.29 is 13.9 Å². The molecule has 1 fully saturated rings. The Balaban J connectivity index is 1.80. The molecule has 2 rings (SSSR count). The smallest absolute Gasteiger partial charge is 0.137 e. The summed E-state index contributed by atoms with van der Waals surface area (Å²) >= 11 is 5.95. The van der Waals surface area contributed by atoms with Crippen LogP contribution in [-0.4, -0.2) is 18.5 Å². The molecule has 0 atom stereocenters. The van der Waals surface area contributed by atoms with E-state index >= 15 is 0 Å². The van der Waals surface area contributed by atoms with Crippen LogP contribution in [0.3, 0.4) is 0 Å². The van der Waals surface area contributed by atoms with E-state index in [-0.39, 0.29) is 18.0 Å². The van der Waals surface area contributed by atoms with E-state index in [1.54, 1.807) is 0 Å². The molecule has 19 heavy (non-hydrogen) atoms. The van der Waals surface area contributed by atoms with Crippen LogP contribution < -0.4 is 0 Å². The molecule has 1 aliphatic rings. The van der Waals surface area contributed by atoms with Crippen LogP contribution in [-0.2, 0) is 16.0 Å². The molecule has 0 amide bonds. The Morgan fingerprint density at radius 1 is 1.47 bits per heavy atom. The number of ether oxygens (including phenoxy) is 1. The summed E-state index contributed by atoms with van der Waals surface area (Å²) < 4.78 is 18.5. The first-order valence-corrected chi connectivity index (χ1v) is 7.03. The molecule has 0 spiro atoms. The number of carbonyl (C=O) groups excluding carboxylic acids is 1. The summed E-state index contributed by atoms with van der Waals surface area (Å²) in [5, 5.41) is 0.454. The van der Waals surface area contributed by atoms with E-state index in [2.05, 4.69) is 0 Å². The van der Waals surface area contributed by atoms with E-state index in [0.717, 1.165) is 19.4 Å². The van der Waals surface area contributed by atoms with Crippen molar-refractivity contribution in [3.8, 4) is 0 Å². The predicted octanol–water partition coefficient (Wildman–Crippen LogP) is 3.80. The first-order chi connectivity index (χ1) is 9.08. The van der Waals surface area contributed by atoms with Crippen molar-refractivity contribution in [1.29, 1.82) is 0 Å². The van der Waals surface area contributed by atoms with E-state index in [4.69, 9.17) is 16.3 Å². The number of halogens is 2. The minimum absolute atomic E-state index is 0.118. The quantitative estimate of drug-likeness (QED) is 0.794. The van der Waals surface area contributed by atoms with Gasteiger partial charge in [-0.15, -0.1) is 0 Å². The van der Waals surface area contributed by atoms with Gasteiger partial charge in [-0.25, -0.2) is 4.39 Å². The molecule has 1 aromatic rings. The van der Waals surface area contributed by atoms with E-state index < -0.39 is 0 Å². The summed E-state index contributed by atoms with van der Waals surface area (Å²) in [5.41, 5.74) is 0.576. The van der Waals surface area contributed by atoms with Gasteiger partial charge in [0.2, 0.25) is 0 Å². The van der Waals surface area contributed by atoms with Crippen molar-refractivity contribution in [2.75, 3.05) is 6.61 Å². The summed E-state index contributed by atoms with van der Waals surface area (Å²) in [6.07, 6.45) is 2.98. The summed E-state index contributed by atoms with van der Waals surface area (Å²) in [6.45, 7) is 2.70. The maximum atomic E-state index is 13.1. The highest BCUT2D eigenvalue weighted by molar-refractivity contribution is 6.31. The molecule has 1 saturated carbocycles. The van der Waals surface area contributed by atoms with E-state index in [9.17, 15) is 9.18 Å². The average Bonchev–Trinajstić information content (AvgIpc) is 2.31. The number of ketones is 1. The van der Waals surface area contributed by atoms with Gasteiger partial charge in [0, 0.05) is 24.5 Å². The molecule has 104 valence electrons. The number of Topliss-reactive ketones (excluding diaryl/α,β-unsaturated/α-hetero) is 1. The molecule has 2 nitrogen and oxygen atoms in total. The monoisotopic (exact) mass is 284 g/mol. The van der Waals surface area contributed by atoms with Crippen LogP contribution in [0.1, 0.15) is 31.7 Å². The molecule has 1 aliphatic carbocycles. The van der Waals surface area contributed by atoms with Crippen molar-refractivity contribution in [3.05, 3.63) is 34.6 Å². The lowest BCUT2D eigenvalue weighted by Crippen LogP contribution is -2.33. The zero-order valence-electron chi connectivity index (χ0n) is 11.0. The molecule has 0 N–H and O–H groups in total. The summed E-state index contributed by atoms with van der Waals surface area (Å²) in [5.74, 6) is 0.177. The van der Waals surface area contributed by atoms with Crippen LogP contribution in [0.15, 0.2) is 18.2 Å². The minimum Gasteiger partial charge on any atom is -0.378 e. The molecule has 4 heteroatoms. The van der Waals surface area contributed by atoms with Gasteiger partial charge in [0.25, 0.3) is 0 Å². The normalized spacial score (nSPS) is 22.1. The van der Waals surface area contributed by atoms with Gasteiger partial charge in [0.1, 0.15) is 11.6 Å². The lowest BCUT2D eigenvalue weighted by Gasteiger charge is -2.34. The second-order valence-electron chi connectivity index (χ2n) is 5.07. The van der Waals surface area contributed by atoms with Crippen LogP contribution in [0.4, 0.5) is 4.39 Å². The highest BCUT2D eigenvalue weighted by Crippen LogP contribution is 2.33. The third-order valence-electron chi connectivity index (χ3n) is 3.51. The highest BCUT2D eigenvalue weighted by Gasteiger charge is 2.30. The first kappa shape index (κ1) is 14.5. The highest BCUT2D eigenvalue weighted by atomic mass is 35.5. The van der Waals surface area contributed by atoms with E-state index in [1.807, 2.05) is 6.92 Å². The van der Waals surface area contributed by atoms with Gasteiger partial charge < -0.3 is 4.74 Å². The molecule has 0 saturated heterocycles. The second kappa shape index (κ2) is 6.49. The molecule has 0 radical (unpaired) electrons. The Morgan fingerprint density at radius 2 is 2.21 bits per heavy atom. The summed E-state index contributed by atoms with van der Waals surface area (Å²) in [4.78, 5) is 11.9. The Morgan fingerprint density at radius 3 is 2.89 bits per heavy atom. The minimum atomic E-state index is -0.354. The largest absolute Gasteiger partial charge is 0.378 e. The maximum absolute atomic E-state index is 13.1. The fourth-order valence-corrected chi connectivity index (χ4v) is 2.68. The lowest BCUT2D eigenvalue weighted by molar-refractivity contribution is -0.121. The van der Waals surface area contributed by atoms with Crippen molar-refractivity contribution in [1.82, 2.24) is 0 Å². The van der Waals surface area contributed by atoms with Gasteiger partial charge in [-0.3, -0.25) is 4.79 Å². The standard InChI is InChI=1S/C15H18ClFO2/c1-2-19-14-6-10(7-14)5-13(18)9-11-8-12(17)3-4-15(11)16/h3-4,8,10,14H,2,5-7,9H2,1H3. The maximum Gasteiger partial charge on any atom is 0.137 e.